The van der Waals surface area contributed by atoms with Crippen LogP contribution in [0.1, 0.15) is 39.4 Å². The minimum atomic E-state index is -1.21. The first-order valence-corrected chi connectivity index (χ1v) is 8.80. The normalized spacial score (nSPS) is 16.5. The first-order chi connectivity index (χ1) is 13.7. The molecule has 1 atom stereocenters. The molecule has 3 rings (SSSR count). The molecule has 0 aromatic heterocycles. The van der Waals surface area contributed by atoms with E-state index in [4.69, 9.17) is 5.73 Å². The van der Waals surface area contributed by atoms with Crippen LogP contribution in [0.2, 0.25) is 0 Å². The van der Waals surface area contributed by atoms with E-state index in [-0.39, 0.29) is 23.2 Å². The van der Waals surface area contributed by atoms with Gasteiger partial charge in [0.2, 0.25) is 11.8 Å². The van der Waals surface area contributed by atoms with Crippen LogP contribution in [-0.4, -0.2) is 28.0 Å². The molecule has 1 unspecified atom stereocenters. The van der Waals surface area contributed by atoms with Crippen molar-refractivity contribution >= 4 is 23.5 Å². The van der Waals surface area contributed by atoms with E-state index >= 15 is 0 Å². The lowest BCUT2D eigenvalue weighted by atomic mass is 9.85. The Bertz CT molecular complexity index is 1030. The molecule has 1 heterocycles. The Hall–Kier alpha value is -3.52. The monoisotopic (exact) mass is 398 g/mol. The van der Waals surface area contributed by atoms with E-state index in [1.807, 2.05) is 0 Å². The van der Waals surface area contributed by atoms with Crippen LogP contribution >= 0.6 is 0 Å². The number of amides is 2. The summed E-state index contributed by atoms with van der Waals surface area (Å²) < 4.78 is 13.2. The summed E-state index contributed by atoms with van der Waals surface area (Å²) in [5.74, 6) is -3.48. The summed E-state index contributed by atoms with van der Waals surface area (Å²) >= 11 is 0. The highest BCUT2D eigenvalue weighted by molar-refractivity contribution is 6.03. The van der Waals surface area contributed by atoms with Gasteiger partial charge in [0.25, 0.3) is 0 Å². The summed E-state index contributed by atoms with van der Waals surface area (Å²) in [7, 11) is 0. The zero-order valence-electron chi connectivity index (χ0n) is 15.6. The molecule has 2 aromatic rings. The van der Waals surface area contributed by atoms with Crippen LogP contribution in [-0.2, 0) is 16.2 Å². The second-order valence-corrected chi connectivity index (χ2v) is 6.72. The van der Waals surface area contributed by atoms with Gasteiger partial charge >= 0.3 is 5.97 Å². The predicted octanol–water partition coefficient (Wildman–Crippen LogP) is 2.21. The number of rotatable bonds is 5. The maximum absolute atomic E-state index is 13.2. The van der Waals surface area contributed by atoms with Crippen molar-refractivity contribution in [3.05, 3.63) is 76.2 Å². The molecule has 2 amide bonds. The van der Waals surface area contributed by atoms with Gasteiger partial charge in [-0.15, -0.1) is 0 Å². The number of aliphatic hydroxyl groups is 1. The van der Waals surface area contributed by atoms with Crippen LogP contribution < -0.4 is 10.6 Å². The van der Waals surface area contributed by atoms with Crippen molar-refractivity contribution in [2.75, 3.05) is 4.90 Å². The summed E-state index contributed by atoms with van der Waals surface area (Å²) in [6.45, 7) is 1.12. The summed E-state index contributed by atoms with van der Waals surface area (Å²) in [6.07, 6.45) is 1.06. The Morgan fingerprint density at radius 2 is 1.86 bits per heavy atom. The number of aliphatic hydroxyl groups excluding tert-OH is 1. The van der Waals surface area contributed by atoms with Gasteiger partial charge in [0.15, 0.2) is 0 Å². The number of nitrogens with two attached hydrogens (primary N) is 1. The summed E-state index contributed by atoms with van der Waals surface area (Å²) in [5, 5.41) is 19.5. The van der Waals surface area contributed by atoms with Gasteiger partial charge in [0, 0.05) is 29.7 Å². The van der Waals surface area contributed by atoms with Crippen molar-refractivity contribution in [2.24, 2.45) is 5.73 Å². The third-order valence-corrected chi connectivity index (χ3v) is 5.07. The maximum Gasteiger partial charge on any atom is 0.333 e. The Balaban J connectivity index is 2.11. The van der Waals surface area contributed by atoms with Crippen LogP contribution in [0, 0.1) is 12.7 Å². The third-order valence-electron chi connectivity index (χ3n) is 5.07. The molecule has 8 heteroatoms. The molecular weight excluding hydrogens is 379 g/mol. The van der Waals surface area contributed by atoms with Crippen LogP contribution in [0.15, 0.2) is 48.2 Å². The molecule has 0 spiro atoms. The quantitative estimate of drug-likeness (QED) is 0.713. The summed E-state index contributed by atoms with van der Waals surface area (Å²) in [6, 6.07) is 8.20. The van der Waals surface area contributed by atoms with E-state index < -0.39 is 36.1 Å². The van der Waals surface area contributed by atoms with E-state index in [9.17, 15) is 29.0 Å². The largest absolute Gasteiger partial charge is 0.478 e. The molecule has 0 saturated heterocycles. The number of hydrogen-bond donors (Lipinski definition) is 3. The van der Waals surface area contributed by atoms with Crippen molar-refractivity contribution in [3.63, 3.8) is 0 Å². The number of nitrogens with zero attached hydrogens (tertiary/aromatic N) is 1. The zero-order chi connectivity index (χ0) is 21.3. The number of anilines is 1. The van der Waals surface area contributed by atoms with Crippen molar-refractivity contribution < 1.29 is 29.0 Å². The molecule has 0 radical (unpaired) electrons. The lowest BCUT2D eigenvalue weighted by molar-refractivity contribution is -0.133. The third kappa shape index (κ3) is 3.74. The SMILES string of the molecule is Cc1c(C(N)=O)ccc(N2C=C(C(=O)O)C(c3ccc(F)cc3)CC2=O)c1CO. The van der Waals surface area contributed by atoms with Crippen molar-refractivity contribution in [1.82, 2.24) is 0 Å². The summed E-state index contributed by atoms with van der Waals surface area (Å²) in [4.78, 5) is 37.4. The minimum absolute atomic E-state index is 0.0447. The number of aliphatic carboxylic acids is 1. The van der Waals surface area contributed by atoms with E-state index in [2.05, 4.69) is 0 Å². The number of hydrogen-bond acceptors (Lipinski definition) is 4. The van der Waals surface area contributed by atoms with Gasteiger partial charge in [-0.1, -0.05) is 12.1 Å². The molecule has 0 saturated carbocycles. The molecule has 7 nitrogen and oxygen atoms in total. The highest BCUT2D eigenvalue weighted by atomic mass is 19.1. The van der Waals surface area contributed by atoms with Crippen molar-refractivity contribution in [1.29, 1.82) is 0 Å². The molecule has 0 bridgehead atoms. The molecule has 1 aliphatic rings. The molecule has 2 aromatic carbocycles. The Labute approximate surface area is 165 Å². The maximum atomic E-state index is 13.2. The smallest absolute Gasteiger partial charge is 0.333 e. The lowest BCUT2D eigenvalue weighted by Gasteiger charge is -2.31. The second-order valence-electron chi connectivity index (χ2n) is 6.72. The Morgan fingerprint density at radius 1 is 1.21 bits per heavy atom. The number of carbonyl (C=O) groups excluding carboxylic acids is 2. The fourth-order valence-corrected chi connectivity index (χ4v) is 3.52. The number of primary amides is 1. The van der Waals surface area contributed by atoms with Gasteiger partial charge in [-0.25, -0.2) is 9.18 Å². The predicted molar refractivity (Wildman–Crippen MR) is 103 cm³/mol. The minimum Gasteiger partial charge on any atom is -0.478 e. The van der Waals surface area contributed by atoms with Crippen LogP contribution in [0.5, 0.6) is 0 Å². The fraction of sp³-hybridized carbons (Fsp3) is 0.190. The van der Waals surface area contributed by atoms with Gasteiger partial charge < -0.3 is 15.9 Å². The number of halogens is 1. The van der Waals surface area contributed by atoms with E-state index in [1.54, 1.807) is 6.92 Å². The Morgan fingerprint density at radius 3 is 2.41 bits per heavy atom. The van der Waals surface area contributed by atoms with Crippen LogP contribution in [0.4, 0.5) is 10.1 Å². The van der Waals surface area contributed by atoms with E-state index in [1.165, 1.54) is 42.6 Å². The van der Waals surface area contributed by atoms with Gasteiger partial charge in [0.1, 0.15) is 5.82 Å². The topological polar surface area (TPSA) is 121 Å². The number of carboxylic acid groups (broad SMARTS) is 1. The van der Waals surface area contributed by atoms with Crippen molar-refractivity contribution in [2.45, 2.75) is 25.9 Å². The lowest BCUT2D eigenvalue weighted by Crippen LogP contribution is -2.35. The molecule has 150 valence electrons. The van der Waals surface area contributed by atoms with Gasteiger partial charge in [-0.3, -0.25) is 14.5 Å². The molecule has 0 fully saturated rings. The van der Waals surface area contributed by atoms with E-state index in [0.29, 0.717) is 16.7 Å². The molecule has 4 N–H and O–H groups in total. The highest BCUT2D eigenvalue weighted by Gasteiger charge is 2.34. The van der Waals surface area contributed by atoms with Gasteiger partial charge in [-0.05, 0) is 42.3 Å². The average molecular weight is 398 g/mol. The highest BCUT2D eigenvalue weighted by Crippen LogP contribution is 2.37. The van der Waals surface area contributed by atoms with E-state index in [0.717, 1.165) is 4.90 Å². The van der Waals surface area contributed by atoms with Crippen molar-refractivity contribution in [3.8, 4) is 0 Å². The van der Waals surface area contributed by atoms with Gasteiger partial charge in [0.05, 0.1) is 17.9 Å². The first-order valence-electron chi connectivity index (χ1n) is 8.80. The summed E-state index contributed by atoms with van der Waals surface area (Å²) in [5.41, 5.74) is 6.99. The fourth-order valence-electron chi connectivity index (χ4n) is 3.52. The average Bonchev–Trinajstić information content (AvgIpc) is 2.67. The number of carbonyl (C=O) groups is 3. The Kier molecular flexibility index (Phi) is 5.47. The molecule has 1 aliphatic heterocycles. The zero-order valence-corrected chi connectivity index (χ0v) is 15.6. The number of benzene rings is 2. The molecule has 29 heavy (non-hydrogen) atoms. The molecule has 0 aliphatic carbocycles. The van der Waals surface area contributed by atoms with Crippen LogP contribution in [0.25, 0.3) is 0 Å². The van der Waals surface area contributed by atoms with Gasteiger partial charge in [-0.2, -0.15) is 0 Å². The van der Waals surface area contributed by atoms with Crippen LogP contribution in [0.3, 0.4) is 0 Å². The number of carboxylic acids is 1. The first kappa shape index (κ1) is 20.2. The standard InChI is InChI=1S/C21H19FN2O5/c1-11-14(20(23)27)6-7-18(17(11)10-25)24-9-16(21(28)29)15(8-19(24)26)12-2-4-13(22)5-3-12/h2-7,9,15,25H,8,10H2,1H3,(H2,23,27)(H,28,29). The second kappa shape index (κ2) is 7.84. The molecular formula is C21H19FN2O5.